The molecule has 2 aromatic heterocycles. The van der Waals surface area contributed by atoms with Crippen LogP contribution in [0.4, 0.5) is 15.2 Å². The van der Waals surface area contributed by atoms with E-state index in [1.807, 2.05) is 39.0 Å². The number of nitrogens with zero attached hydrogens (tertiary/aromatic N) is 4. The van der Waals surface area contributed by atoms with Crippen LogP contribution in [0.2, 0.25) is 0 Å². The van der Waals surface area contributed by atoms with Gasteiger partial charge in [-0.1, -0.05) is 23.5 Å². The molecule has 0 radical (unpaired) electrons. The molecule has 1 atom stereocenters. The molecule has 33 heavy (non-hydrogen) atoms. The van der Waals surface area contributed by atoms with Crippen LogP contribution in [-0.2, 0) is 4.79 Å². The molecule has 0 unspecified atom stereocenters. The van der Waals surface area contributed by atoms with Crippen LogP contribution >= 0.6 is 11.3 Å². The fourth-order valence-electron chi connectivity index (χ4n) is 4.50. The lowest BCUT2D eigenvalue weighted by atomic mass is 9.97. The van der Waals surface area contributed by atoms with E-state index in [2.05, 4.69) is 21.4 Å². The van der Waals surface area contributed by atoms with Gasteiger partial charge in [0.2, 0.25) is 5.91 Å². The van der Waals surface area contributed by atoms with E-state index >= 15 is 0 Å². The number of fused-ring (bicyclic) bond motifs is 1. The third kappa shape index (κ3) is 4.35. The van der Waals surface area contributed by atoms with Crippen LogP contribution in [0, 0.1) is 32.5 Å². The molecule has 4 aromatic rings. The average Bonchev–Trinajstić information content (AvgIpc) is 3.34. The highest BCUT2D eigenvalue weighted by atomic mass is 32.1. The number of carbonyl (C=O) groups excluding carboxylic acids is 1. The number of hydrogen-bond acceptors (Lipinski definition) is 5. The van der Waals surface area contributed by atoms with Crippen molar-refractivity contribution in [2.45, 2.75) is 33.6 Å². The Balaban J connectivity index is 1.37. The van der Waals surface area contributed by atoms with Crippen molar-refractivity contribution in [2.75, 3.05) is 23.3 Å². The molecule has 1 amide bonds. The van der Waals surface area contributed by atoms with Crippen LogP contribution < -0.4 is 10.2 Å². The largest absolute Gasteiger partial charge is 0.347 e. The van der Waals surface area contributed by atoms with Crippen molar-refractivity contribution in [3.63, 3.8) is 0 Å². The van der Waals surface area contributed by atoms with Gasteiger partial charge in [0.15, 0.2) is 10.8 Å². The van der Waals surface area contributed by atoms with Gasteiger partial charge in [-0.2, -0.15) is 10.1 Å². The summed E-state index contributed by atoms with van der Waals surface area (Å²) in [6.45, 7) is 7.49. The fourth-order valence-corrected chi connectivity index (χ4v) is 5.52. The lowest BCUT2D eigenvalue weighted by Crippen LogP contribution is -2.40. The number of anilines is 2. The Morgan fingerprint density at radius 3 is 2.70 bits per heavy atom. The van der Waals surface area contributed by atoms with E-state index in [-0.39, 0.29) is 17.6 Å². The van der Waals surface area contributed by atoms with Crippen molar-refractivity contribution in [1.29, 1.82) is 0 Å². The van der Waals surface area contributed by atoms with Crippen molar-refractivity contribution in [2.24, 2.45) is 5.92 Å². The Kier molecular flexibility index (Phi) is 5.62. The molecule has 0 spiro atoms. The minimum Gasteiger partial charge on any atom is -0.347 e. The first-order valence-corrected chi connectivity index (χ1v) is 12.0. The summed E-state index contributed by atoms with van der Waals surface area (Å²) in [4.78, 5) is 20.1. The van der Waals surface area contributed by atoms with Crippen LogP contribution in [0.25, 0.3) is 16.0 Å². The van der Waals surface area contributed by atoms with Crippen molar-refractivity contribution in [1.82, 2.24) is 14.8 Å². The Morgan fingerprint density at radius 2 is 1.94 bits per heavy atom. The molecule has 1 saturated heterocycles. The second kappa shape index (κ2) is 8.59. The van der Waals surface area contributed by atoms with Crippen LogP contribution in [-0.4, -0.2) is 33.8 Å². The van der Waals surface area contributed by atoms with Crippen LogP contribution in [0.3, 0.4) is 0 Å². The number of thiazole rings is 1. The molecule has 0 saturated carbocycles. The number of nitrogens with one attached hydrogen (secondary N) is 1. The predicted octanol–water partition coefficient (Wildman–Crippen LogP) is 5.40. The second-order valence-corrected chi connectivity index (χ2v) is 9.75. The first-order chi connectivity index (χ1) is 15.9. The molecular formula is C25H26FN5OS. The normalized spacial score (nSPS) is 16.4. The van der Waals surface area contributed by atoms with Gasteiger partial charge in [0, 0.05) is 18.8 Å². The number of piperidine rings is 1. The van der Waals surface area contributed by atoms with Gasteiger partial charge in [-0.25, -0.2) is 9.07 Å². The quantitative estimate of drug-likeness (QED) is 0.440. The molecule has 5 rings (SSSR count). The van der Waals surface area contributed by atoms with Crippen molar-refractivity contribution in [3.8, 4) is 5.69 Å². The molecule has 1 aliphatic heterocycles. The molecule has 0 aliphatic carbocycles. The van der Waals surface area contributed by atoms with Crippen molar-refractivity contribution in [3.05, 3.63) is 65.1 Å². The van der Waals surface area contributed by atoms with Gasteiger partial charge in [0.1, 0.15) is 5.82 Å². The molecule has 2 aromatic carbocycles. The zero-order valence-corrected chi connectivity index (χ0v) is 19.7. The highest BCUT2D eigenvalue weighted by Gasteiger charge is 2.28. The topological polar surface area (TPSA) is 63.1 Å². The standard InChI is InChI=1S/C25H26FN5OS/c1-15-10-16(2)12-20(11-15)27-24(32)18-6-5-9-30(14-18)25-28-23-22(33-25)17(3)29-31(23)21-8-4-7-19(26)13-21/h4,7-8,10-13,18H,5-6,9,14H2,1-3H3,(H,27,32)/t18-/m0/s1. The maximum atomic E-state index is 13.8. The summed E-state index contributed by atoms with van der Waals surface area (Å²) < 4.78 is 16.4. The van der Waals surface area contributed by atoms with Crippen LogP contribution in [0.15, 0.2) is 42.5 Å². The van der Waals surface area contributed by atoms with E-state index in [0.29, 0.717) is 12.2 Å². The summed E-state index contributed by atoms with van der Waals surface area (Å²) in [6.07, 6.45) is 1.78. The van der Waals surface area contributed by atoms with Gasteiger partial charge in [-0.15, -0.1) is 0 Å². The van der Waals surface area contributed by atoms with E-state index < -0.39 is 0 Å². The highest BCUT2D eigenvalue weighted by Crippen LogP contribution is 2.34. The summed E-state index contributed by atoms with van der Waals surface area (Å²) in [5.41, 5.74) is 5.34. The van der Waals surface area contributed by atoms with Gasteiger partial charge in [-0.3, -0.25) is 4.79 Å². The minimum absolute atomic E-state index is 0.0490. The zero-order valence-electron chi connectivity index (χ0n) is 18.9. The number of rotatable bonds is 4. The molecule has 3 heterocycles. The summed E-state index contributed by atoms with van der Waals surface area (Å²) in [5.74, 6) is -0.363. The first-order valence-electron chi connectivity index (χ1n) is 11.1. The van der Waals surface area contributed by atoms with E-state index in [1.165, 1.54) is 12.1 Å². The van der Waals surface area contributed by atoms with Gasteiger partial charge in [-0.05, 0) is 75.1 Å². The molecule has 1 fully saturated rings. The van der Waals surface area contributed by atoms with Gasteiger partial charge in [0.05, 0.1) is 22.0 Å². The lowest BCUT2D eigenvalue weighted by molar-refractivity contribution is -0.120. The Bertz CT molecular complexity index is 1320. The van der Waals surface area contributed by atoms with E-state index in [1.54, 1.807) is 22.1 Å². The SMILES string of the molecule is Cc1cc(C)cc(NC(=O)[C@H]2CCCN(c3nc4c(s3)c(C)nn4-c3cccc(F)c3)C2)c1. The van der Waals surface area contributed by atoms with E-state index in [0.717, 1.165) is 57.4 Å². The Morgan fingerprint density at radius 1 is 1.15 bits per heavy atom. The molecule has 1 aliphatic rings. The second-order valence-electron chi connectivity index (χ2n) is 8.78. The fraction of sp³-hybridized carbons (Fsp3) is 0.320. The number of hydrogen-bond donors (Lipinski definition) is 1. The molecular weight excluding hydrogens is 437 g/mol. The number of benzene rings is 2. The van der Waals surface area contributed by atoms with Gasteiger partial charge >= 0.3 is 0 Å². The van der Waals surface area contributed by atoms with Crippen molar-refractivity contribution < 1.29 is 9.18 Å². The van der Waals surface area contributed by atoms with Crippen LogP contribution in [0.1, 0.15) is 29.7 Å². The summed E-state index contributed by atoms with van der Waals surface area (Å²) in [7, 11) is 0. The Hall–Kier alpha value is -3.26. The summed E-state index contributed by atoms with van der Waals surface area (Å²) in [5, 5.41) is 8.54. The van der Waals surface area contributed by atoms with Crippen molar-refractivity contribution >= 4 is 38.4 Å². The smallest absolute Gasteiger partial charge is 0.229 e. The maximum absolute atomic E-state index is 13.8. The average molecular weight is 464 g/mol. The maximum Gasteiger partial charge on any atom is 0.229 e. The monoisotopic (exact) mass is 463 g/mol. The molecule has 6 nitrogen and oxygen atoms in total. The summed E-state index contributed by atoms with van der Waals surface area (Å²) >= 11 is 1.58. The highest BCUT2D eigenvalue weighted by molar-refractivity contribution is 7.22. The van der Waals surface area contributed by atoms with Gasteiger partial charge < -0.3 is 10.2 Å². The predicted molar refractivity (Wildman–Crippen MR) is 131 cm³/mol. The molecule has 8 heteroatoms. The third-order valence-corrected chi connectivity index (χ3v) is 7.20. The molecule has 170 valence electrons. The van der Waals surface area contributed by atoms with Crippen LogP contribution in [0.5, 0.6) is 0 Å². The summed E-state index contributed by atoms with van der Waals surface area (Å²) in [6, 6.07) is 12.5. The molecule has 1 N–H and O–H groups in total. The third-order valence-electron chi connectivity index (χ3n) is 5.98. The molecule has 0 bridgehead atoms. The number of aromatic nitrogens is 3. The van der Waals surface area contributed by atoms with Gasteiger partial charge in [0.25, 0.3) is 0 Å². The van der Waals surface area contributed by atoms with E-state index in [9.17, 15) is 9.18 Å². The number of amides is 1. The lowest BCUT2D eigenvalue weighted by Gasteiger charge is -2.31. The number of halogens is 1. The Labute approximate surface area is 196 Å². The number of carbonyl (C=O) groups is 1. The zero-order chi connectivity index (χ0) is 23.1. The minimum atomic E-state index is -0.307. The number of aryl methyl sites for hydroxylation is 3. The van der Waals surface area contributed by atoms with E-state index in [4.69, 9.17) is 4.98 Å². The first kappa shape index (κ1) is 21.6.